The molecule has 1 saturated heterocycles. The van der Waals surface area contributed by atoms with Crippen LogP contribution in [0.3, 0.4) is 0 Å². The minimum atomic E-state index is -4.76. The van der Waals surface area contributed by atoms with Gasteiger partial charge in [-0.05, 0) is 42.8 Å². The molecule has 48 heavy (non-hydrogen) atoms. The lowest BCUT2D eigenvalue weighted by Crippen LogP contribution is -2.45. The van der Waals surface area contributed by atoms with Gasteiger partial charge in [0.25, 0.3) is 0 Å². The molecule has 5 aromatic rings. The number of fused-ring (bicyclic) bond motifs is 4. The van der Waals surface area contributed by atoms with Crippen molar-refractivity contribution >= 4 is 33.9 Å². The Morgan fingerprint density at radius 3 is 2.56 bits per heavy atom. The molecule has 0 spiro atoms. The van der Waals surface area contributed by atoms with E-state index in [0.717, 1.165) is 24.3 Å². The number of nitrogens with zero attached hydrogens (tertiary/aromatic N) is 3. The number of aromatic nitrogens is 3. The summed E-state index contributed by atoms with van der Waals surface area (Å²) >= 11 is 0. The van der Waals surface area contributed by atoms with Gasteiger partial charge in [0.1, 0.15) is 28.7 Å². The lowest BCUT2D eigenvalue weighted by Gasteiger charge is -2.26. The van der Waals surface area contributed by atoms with E-state index < -0.39 is 40.8 Å². The van der Waals surface area contributed by atoms with Gasteiger partial charge in [-0.1, -0.05) is 12.1 Å². The molecule has 0 atom stereocenters. The van der Waals surface area contributed by atoms with Crippen molar-refractivity contribution in [2.45, 2.75) is 25.6 Å². The Kier molecular flexibility index (Phi) is 7.79. The minimum Gasteiger partial charge on any atom is -0.490 e. The molecule has 7 rings (SSSR count). The largest absolute Gasteiger partial charge is 0.490 e. The molecule has 0 unspecified atom stereocenters. The number of halogens is 5. The van der Waals surface area contributed by atoms with E-state index in [4.69, 9.17) is 9.47 Å². The van der Waals surface area contributed by atoms with Gasteiger partial charge >= 0.3 is 6.18 Å². The highest BCUT2D eigenvalue weighted by atomic mass is 19.4. The zero-order chi connectivity index (χ0) is 33.9. The molecule has 2 aliphatic rings. The number of ketones is 1. The SMILES string of the molecule is Cc1nc2c3c(c(C(F)(F)F)cc2n1C)-c1cccn2c(C(=O)c4cc(F)c(NC(=O)/C=C/CNC5COC5)c(F)c4)cc(c12)CCO3. The number of pyridine rings is 1. The summed E-state index contributed by atoms with van der Waals surface area (Å²) in [6.07, 6.45) is -0.392. The van der Waals surface area contributed by atoms with Crippen LogP contribution in [0.1, 0.15) is 33.0 Å². The molecular weight excluding hydrogens is 637 g/mol. The van der Waals surface area contributed by atoms with E-state index in [1.165, 1.54) is 34.9 Å². The van der Waals surface area contributed by atoms with Crippen LogP contribution in [-0.2, 0) is 29.2 Å². The number of ether oxygens (including phenoxy) is 2. The number of hydrogen-bond donors (Lipinski definition) is 2. The van der Waals surface area contributed by atoms with Gasteiger partial charge in [-0.25, -0.2) is 13.8 Å². The van der Waals surface area contributed by atoms with Crippen molar-refractivity contribution < 1.29 is 41.0 Å². The second kappa shape index (κ2) is 11.9. The number of hydrogen-bond acceptors (Lipinski definition) is 6. The van der Waals surface area contributed by atoms with E-state index in [9.17, 15) is 22.8 Å². The molecule has 9 nitrogen and oxygen atoms in total. The van der Waals surface area contributed by atoms with Crippen LogP contribution in [0.25, 0.3) is 27.7 Å². The number of nitrogens with one attached hydrogen (secondary N) is 2. The predicted octanol–water partition coefficient (Wildman–Crippen LogP) is 5.75. The van der Waals surface area contributed by atoms with Gasteiger partial charge in [-0.3, -0.25) is 9.59 Å². The van der Waals surface area contributed by atoms with Crippen molar-refractivity contribution in [1.82, 2.24) is 19.3 Å². The molecule has 14 heteroatoms. The van der Waals surface area contributed by atoms with Gasteiger partial charge in [0.2, 0.25) is 11.7 Å². The Balaban J connectivity index is 1.26. The summed E-state index contributed by atoms with van der Waals surface area (Å²) in [5, 5.41) is 5.27. The summed E-state index contributed by atoms with van der Waals surface area (Å²) in [4.78, 5) is 30.6. The Morgan fingerprint density at radius 1 is 1.12 bits per heavy atom. The molecular formula is C34H28F5N5O4. The van der Waals surface area contributed by atoms with Crippen LogP contribution in [0, 0.1) is 18.6 Å². The van der Waals surface area contributed by atoms with Crippen molar-refractivity contribution in [3.05, 3.63) is 94.6 Å². The molecule has 1 fully saturated rings. The first-order valence-electron chi connectivity index (χ1n) is 15.1. The molecule has 2 aromatic carbocycles. The van der Waals surface area contributed by atoms with E-state index in [0.29, 0.717) is 36.7 Å². The summed E-state index contributed by atoms with van der Waals surface area (Å²) in [5.74, 6) is -3.40. The van der Waals surface area contributed by atoms with Crippen molar-refractivity contribution in [2.24, 2.45) is 7.05 Å². The quantitative estimate of drug-likeness (QED) is 0.131. The summed E-state index contributed by atoms with van der Waals surface area (Å²) in [7, 11) is 1.62. The third-order valence-electron chi connectivity index (χ3n) is 8.63. The number of rotatable bonds is 7. The van der Waals surface area contributed by atoms with Crippen molar-refractivity contribution in [3.8, 4) is 16.9 Å². The average Bonchev–Trinajstić information content (AvgIpc) is 3.52. The Hall–Kier alpha value is -5.08. The van der Waals surface area contributed by atoms with Gasteiger partial charge in [-0.2, -0.15) is 13.2 Å². The second-order valence-corrected chi connectivity index (χ2v) is 11.7. The Morgan fingerprint density at radius 2 is 1.88 bits per heavy atom. The predicted molar refractivity (Wildman–Crippen MR) is 166 cm³/mol. The monoisotopic (exact) mass is 665 g/mol. The zero-order valence-corrected chi connectivity index (χ0v) is 25.7. The number of benzene rings is 2. The Labute approximate surface area is 270 Å². The number of carbonyl (C=O) groups excluding carboxylic acids is 2. The molecule has 1 amide bonds. The number of aryl methyl sites for hydroxylation is 2. The van der Waals surface area contributed by atoms with Crippen LogP contribution in [0.15, 0.2) is 54.7 Å². The fraction of sp³-hybridized carbons (Fsp3) is 0.265. The summed E-state index contributed by atoms with van der Waals surface area (Å²) in [6.45, 7) is 3.16. The molecule has 3 aromatic heterocycles. The highest BCUT2D eigenvalue weighted by Gasteiger charge is 2.39. The number of alkyl halides is 3. The molecule has 2 aliphatic heterocycles. The summed E-state index contributed by atoms with van der Waals surface area (Å²) in [6, 6.07) is 7.35. The van der Waals surface area contributed by atoms with Crippen LogP contribution in [0.5, 0.6) is 5.75 Å². The third kappa shape index (κ3) is 5.40. The van der Waals surface area contributed by atoms with Crippen LogP contribution in [-0.4, -0.2) is 58.0 Å². The smallest absolute Gasteiger partial charge is 0.417 e. The van der Waals surface area contributed by atoms with E-state index >= 15 is 8.78 Å². The lowest BCUT2D eigenvalue weighted by molar-refractivity contribution is -0.137. The van der Waals surface area contributed by atoms with E-state index in [2.05, 4.69) is 15.6 Å². The van der Waals surface area contributed by atoms with Gasteiger partial charge in [0.15, 0.2) is 5.75 Å². The summed E-state index contributed by atoms with van der Waals surface area (Å²) < 4.78 is 88.3. The van der Waals surface area contributed by atoms with Crippen molar-refractivity contribution in [1.29, 1.82) is 0 Å². The highest BCUT2D eigenvalue weighted by Crippen LogP contribution is 2.48. The number of imidazole rings is 1. The van der Waals surface area contributed by atoms with Crippen molar-refractivity contribution in [2.75, 3.05) is 31.7 Å². The van der Waals surface area contributed by atoms with E-state index in [-0.39, 0.29) is 58.2 Å². The topological polar surface area (TPSA) is 98.9 Å². The van der Waals surface area contributed by atoms with Gasteiger partial charge in [0, 0.05) is 49.0 Å². The van der Waals surface area contributed by atoms with Gasteiger partial charge in [-0.15, -0.1) is 0 Å². The molecule has 0 radical (unpaired) electrons. The van der Waals surface area contributed by atoms with E-state index in [1.54, 1.807) is 18.5 Å². The van der Waals surface area contributed by atoms with Crippen LogP contribution in [0.4, 0.5) is 27.6 Å². The standard InChI is InChI=1S/C34H28F5N5O4/c1-17-41-30-25(43(17)2)14-22(34(37,38)39)28-21-5-4-9-44-26(13-18(31(21)44)7-10-48-33(28)30)32(46)19-11-23(35)29(24(36)12-19)42-27(45)6-3-8-40-20-15-47-16-20/h3-6,9,11-14,20,40H,7-8,10,15-16H2,1-2H3,(H,42,45)/b6-3+. The average molecular weight is 666 g/mol. The minimum absolute atomic E-state index is 0.0160. The van der Waals surface area contributed by atoms with E-state index in [1.807, 2.05) is 0 Å². The molecule has 248 valence electrons. The van der Waals surface area contributed by atoms with Crippen LogP contribution >= 0.6 is 0 Å². The number of anilines is 1. The zero-order valence-electron chi connectivity index (χ0n) is 25.7. The van der Waals surface area contributed by atoms with Crippen LogP contribution < -0.4 is 15.4 Å². The highest BCUT2D eigenvalue weighted by molar-refractivity contribution is 6.10. The lowest BCUT2D eigenvalue weighted by atomic mass is 9.94. The molecule has 0 bridgehead atoms. The van der Waals surface area contributed by atoms with Gasteiger partial charge in [0.05, 0.1) is 48.2 Å². The van der Waals surface area contributed by atoms with Gasteiger partial charge < -0.3 is 29.1 Å². The molecule has 5 heterocycles. The molecule has 2 N–H and O–H groups in total. The second-order valence-electron chi connectivity index (χ2n) is 11.7. The maximum Gasteiger partial charge on any atom is 0.417 e. The first kappa shape index (κ1) is 31.5. The Bertz CT molecular complexity index is 2140. The maximum absolute atomic E-state index is 15.1. The maximum atomic E-state index is 15.1. The van der Waals surface area contributed by atoms with Crippen LogP contribution in [0.2, 0.25) is 0 Å². The fourth-order valence-electron chi connectivity index (χ4n) is 6.10. The number of amides is 1. The first-order valence-corrected chi connectivity index (χ1v) is 15.1. The molecule has 0 aliphatic carbocycles. The third-order valence-corrected chi connectivity index (χ3v) is 8.63. The summed E-state index contributed by atoms with van der Waals surface area (Å²) in [5.41, 5.74) is -0.682. The number of carbonyl (C=O) groups is 2. The first-order chi connectivity index (χ1) is 22.9. The molecule has 0 saturated carbocycles. The fourth-order valence-corrected chi connectivity index (χ4v) is 6.10. The normalized spacial score (nSPS) is 14.9. The van der Waals surface area contributed by atoms with Crippen molar-refractivity contribution in [3.63, 3.8) is 0 Å².